The van der Waals surface area contributed by atoms with Crippen LogP contribution < -0.4 is 5.32 Å². The average Bonchev–Trinajstić information content (AvgIpc) is 2.58. The number of aryl methyl sites for hydroxylation is 2. The molecule has 126 valence electrons. The molecule has 0 spiro atoms. The predicted molar refractivity (Wildman–Crippen MR) is 96.4 cm³/mol. The van der Waals surface area contributed by atoms with Crippen LogP contribution in [0.4, 0.5) is 5.69 Å². The summed E-state index contributed by atoms with van der Waals surface area (Å²) in [4.78, 5) is 25.0. The van der Waals surface area contributed by atoms with E-state index in [0.29, 0.717) is 5.69 Å². The molecule has 2 aromatic rings. The van der Waals surface area contributed by atoms with Gasteiger partial charge in [0.1, 0.15) is 0 Å². The quantitative estimate of drug-likeness (QED) is 0.793. The number of amides is 1. The SMILES string of the molecule is CCC(=O)OCC(=O)Nc1ccc(Sc2ccc(C)c(C)c2)cc1. The van der Waals surface area contributed by atoms with Gasteiger partial charge in [-0.1, -0.05) is 24.8 Å². The molecule has 24 heavy (non-hydrogen) atoms. The van der Waals surface area contributed by atoms with E-state index in [1.165, 1.54) is 16.0 Å². The molecule has 0 aliphatic carbocycles. The fraction of sp³-hybridized carbons (Fsp3) is 0.263. The average molecular weight is 343 g/mol. The molecular weight excluding hydrogens is 322 g/mol. The first-order chi connectivity index (χ1) is 11.5. The number of nitrogens with one attached hydrogen (secondary N) is 1. The molecule has 0 heterocycles. The summed E-state index contributed by atoms with van der Waals surface area (Å²) in [7, 11) is 0. The van der Waals surface area contributed by atoms with Gasteiger partial charge in [-0.25, -0.2) is 0 Å². The molecule has 1 amide bonds. The van der Waals surface area contributed by atoms with E-state index in [1.54, 1.807) is 18.7 Å². The lowest BCUT2D eigenvalue weighted by molar-refractivity contribution is -0.146. The van der Waals surface area contributed by atoms with Gasteiger partial charge in [-0.05, 0) is 61.4 Å². The van der Waals surface area contributed by atoms with Crippen LogP contribution in [0.25, 0.3) is 0 Å². The molecule has 1 N–H and O–H groups in total. The smallest absolute Gasteiger partial charge is 0.306 e. The number of esters is 1. The fourth-order valence-electron chi connectivity index (χ4n) is 1.96. The van der Waals surface area contributed by atoms with Crippen LogP contribution in [0, 0.1) is 13.8 Å². The van der Waals surface area contributed by atoms with Crippen LogP contribution in [0.2, 0.25) is 0 Å². The minimum absolute atomic E-state index is 0.258. The van der Waals surface area contributed by atoms with Gasteiger partial charge in [-0.15, -0.1) is 0 Å². The van der Waals surface area contributed by atoms with Gasteiger partial charge in [0.25, 0.3) is 5.91 Å². The zero-order chi connectivity index (χ0) is 17.5. The second-order valence-corrected chi connectivity index (χ2v) is 6.58. The summed E-state index contributed by atoms with van der Waals surface area (Å²) in [6, 6.07) is 14.0. The maximum atomic E-state index is 11.7. The Bertz CT molecular complexity index is 726. The highest BCUT2D eigenvalue weighted by Gasteiger charge is 2.06. The molecule has 0 saturated carbocycles. The van der Waals surface area contributed by atoms with Gasteiger partial charge in [0, 0.05) is 21.9 Å². The van der Waals surface area contributed by atoms with Crippen molar-refractivity contribution >= 4 is 29.3 Å². The number of benzene rings is 2. The van der Waals surface area contributed by atoms with Crippen molar-refractivity contribution < 1.29 is 14.3 Å². The van der Waals surface area contributed by atoms with Crippen molar-refractivity contribution in [1.82, 2.24) is 0 Å². The molecule has 0 aromatic heterocycles. The molecule has 5 heteroatoms. The van der Waals surface area contributed by atoms with Gasteiger partial charge in [0.2, 0.25) is 0 Å². The minimum Gasteiger partial charge on any atom is -0.456 e. The zero-order valence-electron chi connectivity index (χ0n) is 14.1. The van der Waals surface area contributed by atoms with Crippen LogP contribution >= 0.6 is 11.8 Å². The molecule has 0 atom stereocenters. The monoisotopic (exact) mass is 343 g/mol. The van der Waals surface area contributed by atoms with Gasteiger partial charge < -0.3 is 10.1 Å². The summed E-state index contributed by atoms with van der Waals surface area (Å²) in [6.07, 6.45) is 0.262. The van der Waals surface area contributed by atoms with Gasteiger partial charge >= 0.3 is 5.97 Å². The Morgan fingerprint density at radius 3 is 2.29 bits per heavy atom. The molecule has 0 saturated heterocycles. The number of carbonyl (C=O) groups excluding carboxylic acids is 2. The highest BCUT2D eigenvalue weighted by molar-refractivity contribution is 7.99. The van der Waals surface area contributed by atoms with Gasteiger partial charge in [-0.2, -0.15) is 0 Å². The highest BCUT2D eigenvalue weighted by atomic mass is 32.2. The summed E-state index contributed by atoms with van der Waals surface area (Å²) in [6.45, 7) is 5.63. The van der Waals surface area contributed by atoms with Gasteiger partial charge in [0.15, 0.2) is 6.61 Å². The standard InChI is InChI=1S/C19H21NO3S/c1-4-19(22)23-12-18(21)20-15-6-9-16(10-7-15)24-17-8-5-13(2)14(3)11-17/h5-11H,4,12H2,1-3H3,(H,20,21). The van der Waals surface area contributed by atoms with E-state index in [2.05, 4.69) is 37.4 Å². The Balaban J connectivity index is 1.91. The Hall–Kier alpha value is -2.27. The van der Waals surface area contributed by atoms with Crippen LogP contribution in [-0.4, -0.2) is 18.5 Å². The van der Waals surface area contributed by atoms with E-state index in [4.69, 9.17) is 4.74 Å². The van der Waals surface area contributed by atoms with E-state index in [-0.39, 0.29) is 24.9 Å². The van der Waals surface area contributed by atoms with Crippen molar-refractivity contribution in [3.63, 3.8) is 0 Å². The molecule has 0 fully saturated rings. The first-order valence-corrected chi connectivity index (χ1v) is 8.60. The number of anilines is 1. The second-order valence-electron chi connectivity index (χ2n) is 5.43. The van der Waals surface area contributed by atoms with Crippen LogP contribution in [0.3, 0.4) is 0 Å². The highest BCUT2D eigenvalue weighted by Crippen LogP contribution is 2.29. The summed E-state index contributed by atoms with van der Waals surface area (Å²) in [5.41, 5.74) is 3.23. The summed E-state index contributed by atoms with van der Waals surface area (Å²) >= 11 is 1.67. The first-order valence-electron chi connectivity index (χ1n) is 7.78. The molecule has 2 aromatic carbocycles. The Morgan fingerprint density at radius 2 is 1.67 bits per heavy atom. The van der Waals surface area contributed by atoms with Crippen molar-refractivity contribution in [2.45, 2.75) is 37.0 Å². The Morgan fingerprint density at radius 1 is 1.00 bits per heavy atom. The van der Waals surface area contributed by atoms with E-state index in [0.717, 1.165) is 4.90 Å². The zero-order valence-corrected chi connectivity index (χ0v) is 14.9. The van der Waals surface area contributed by atoms with Crippen molar-refractivity contribution in [2.75, 3.05) is 11.9 Å². The maximum Gasteiger partial charge on any atom is 0.306 e. The van der Waals surface area contributed by atoms with Crippen molar-refractivity contribution in [1.29, 1.82) is 0 Å². The van der Waals surface area contributed by atoms with Crippen molar-refractivity contribution in [3.8, 4) is 0 Å². The maximum absolute atomic E-state index is 11.7. The van der Waals surface area contributed by atoms with Crippen molar-refractivity contribution in [3.05, 3.63) is 53.6 Å². The van der Waals surface area contributed by atoms with Crippen LogP contribution in [-0.2, 0) is 14.3 Å². The minimum atomic E-state index is -0.384. The molecular formula is C19H21NO3S. The summed E-state index contributed by atoms with van der Waals surface area (Å²) in [5, 5.41) is 2.70. The lowest BCUT2D eigenvalue weighted by Gasteiger charge is -2.08. The Labute approximate surface area is 146 Å². The van der Waals surface area contributed by atoms with Gasteiger partial charge in [-0.3, -0.25) is 9.59 Å². The first kappa shape index (κ1) is 18.1. The van der Waals surface area contributed by atoms with E-state index < -0.39 is 0 Å². The lowest BCUT2D eigenvalue weighted by atomic mass is 10.1. The third-order valence-corrected chi connectivity index (χ3v) is 4.50. The fourth-order valence-corrected chi connectivity index (χ4v) is 2.88. The van der Waals surface area contributed by atoms with E-state index >= 15 is 0 Å². The number of hydrogen-bond acceptors (Lipinski definition) is 4. The number of ether oxygens (including phenoxy) is 1. The molecule has 0 radical (unpaired) electrons. The molecule has 0 bridgehead atoms. The van der Waals surface area contributed by atoms with E-state index in [9.17, 15) is 9.59 Å². The molecule has 0 aliphatic rings. The Kier molecular flexibility index (Phi) is 6.44. The van der Waals surface area contributed by atoms with Crippen LogP contribution in [0.5, 0.6) is 0 Å². The van der Waals surface area contributed by atoms with Crippen LogP contribution in [0.15, 0.2) is 52.3 Å². The number of hydrogen-bond donors (Lipinski definition) is 1. The molecule has 0 unspecified atom stereocenters. The summed E-state index contributed by atoms with van der Waals surface area (Å²) in [5.74, 6) is -0.725. The number of rotatable bonds is 6. The third kappa shape index (κ3) is 5.42. The largest absolute Gasteiger partial charge is 0.456 e. The summed E-state index contributed by atoms with van der Waals surface area (Å²) < 4.78 is 4.79. The van der Waals surface area contributed by atoms with Crippen molar-refractivity contribution in [2.24, 2.45) is 0 Å². The lowest BCUT2D eigenvalue weighted by Crippen LogP contribution is -2.20. The molecule has 0 aliphatic heterocycles. The second kappa shape index (κ2) is 8.55. The van der Waals surface area contributed by atoms with Crippen LogP contribution in [0.1, 0.15) is 24.5 Å². The van der Waals surface area contributed by atoms with E-state index in [1.807, 2.05) is 24.3 Å². The molecule has 2 rings (SSSR count). The number of carbonyl (C=O) groups is 2. The topological polar surface area (TPSA) is 55.4 Å². The third-order valence-electron chi connectivity index (χ3n) is 3.51. The normalized spacial score (nSPS) is 10.3. The predicted octanol–water partition coefficient (Wildman–Crippen LogP) is 4.35. The molecule has 4 nitrogen and oxygen atoms in total. The van der Waals surface area contributed by atoms with Gasteiger partial charge in [0.05, 0.1) is 0 Å².